The third kappa shape index (κ3) is 3.69. The predicted octanol–water partition coefficient (Wildman–Crippen LogP) is 3.22. The number of pyridine rings is 1. The van der Waals surface area contributed by atoms with E-state index in [1.807, 2.05) is 20.8 Å². The Morgan fingerprint density at radius 1 is 1.33 bits per heavy atom. The van der Waals surface area contributed by atoms with Crippen LogP contribution in [-0.4, -0.2) is 21.7 Å². The number of nitrogens with zero attached hydrogens (tertiary/aromatic N) is 1. The molecule has 6 heteroatoms. The van der Waals surface area contributed by atoms with Gasteiger partial charge in [-0.05, 0) is 32.4 Å². The van der Waals surface area contributed by atoms with Gasteiger partial charge in [0.2, 0.25) is 5.75 Å². The van der Waals surface area contributed by atoms with Crippen LogP contribution in [0.15, 0.2) is 23.0 Å². The van der Waals surface area contributed by atoms with Crippen molar-refractivity contribution in [1.29, 1.82) is 0 Å². The van der Waals surface area contributed by atoms with Gasteiger partial charge in [0.1, 0.15) is 5.75 Å². The van der Waals surface area contributed by atoms with Crippen molar-refractivity contribution in [3.05, 3.63) is 28.6 Å². The molecule has 0 unspecified atom stereocenters. The van der Waals surface area contributed by atoms with E-state index in [4.69, 9.17) is 9.47 Å². The summed E-state index contributed by atoms with van der Waals surface area (Å²) in [6.45, 7) is 7.50. The SMILES string of the molecule is CCCCn1c(=O)c(OC(C)=O)c(O)c2ccc(OC(C)C)cc21. The number of aromatic nitrogens is 1. The molecule has 0 saturated carbocycles. The highest BCUT2D eigenvalue weighted by Crippen LogP contribution is 2.33. The first-order valence-corrected chi connectivity index (χ1v) is 8.09. The second-order valence-corrected chi connectivity index (χ2v) is 5.93. The molecule has 2 aromatic rings. The van der Waals surface area contributed by atoms with Crippen LogP contribution in [0.4, 0.5) is 0 Å². The molecule has 24 heavy (non-hydrogen) atoms. The van der Waals surface area contributed by atoms with Crippen LogP contribution in [0.2, 0.25) is 0 Å². The van der Waals surface area contributed by atoms with Gasteiger partial charge in [-0.15, -0.1) is 0 Å². The summed E-state index contributed by atoms with van der Waals surface area (Å²) < 4.78 is 12.1. The van der Waals surface area contributed by atoms with Gasteiger partial charge in [0, 0.05) is 24.9 Å². The number of aryl methyl sites for hydroxylation is 1. The topological polar surface area (TPSA) is 77.8 Å². The Balaban J connectivity index is 2.72. The zero-order valence-corrected chi connectivity index (χ0v) is 14.5. The van der Waals surface area contributed by atoms with Crippen LogP contribution in [0.5, 0.6) is 17.2 Å². The van der Waals surface area contributed by atoms with Crippen LogP contribution >= 0.6 is 0 Å². The van der Waals surface area contributed by atoms with E-state index in [0.717, 1.165) is 12.8 Å². The number of esters is 1. The lowest BCUT2D eigenvalue weighted by Gasteiger charge is -2.16. The lowest BCUT2D eigenvalue weighted by atomic mass is 10.1. The second kappa shape index (κ2) is 7.38. The maximum absolute atomic E-state index is 12.7. The number of hydrogen-bond donors (Lipinski definition) is 1. The van der Waals surface area contributed by atoms with Crippen LogP contribution in [0.25, 0.3) is 10.9 Å². The van der Waals surface area contributed by atoms with Crippen molar-refractivity contribution in [3.8, 4) is 17.2 Å². The first kappa shape index (κ1) is 17.8. The molecule has 0 saturated heterocycles. The van der Waals surface area contributed by atoms with Gasteiger partial charge in [0.15, 0.2) is 5.75 Å². The molecule has 0 radical (unpaired) electrons. The summed E-state index contributed by atoms with van der Waals surface area (Å²) in [6, 6.07) is 5.11. The highest BCUT2D eigenvalue weighted by molar-refractivity contribution is 5.89. The van der Waals surface area contributed by atoms with Crippen LogP contribution in [-0.2, 0) is 11.3 Å². The number of carbonyl (C=O) groups excluding carboxylic acids is 1. The Morgan fingerprint density at radius 2 is 2.04 bits per heavy atom. The minimum absolute atomic E-state index is 0.00724. The van der Waals surface area contributed by atoms with E-state index in [2.05, 4.69) is 0 Å². The fourth-order valence-electron chi connectivity index (χ4n) is 2.51. The molecule has 1 aromatic heterocycles. The minimum Gasteiger partial charge on any atom is -0.504 e. The summed E-state index contributed by atoms with van der Waals surface area (Å²) in [5.41, 5.74) is 0.0327. The van der Waals surface area contributed by atoms with Gasteiger partial charge in [0.05, 0.1) is 11.6 Å². The molecule has 0 fully saturated rings. The molecule has 0 atom stereocenters. The Labute approximate surface area is 140 Å². The third-order valence-corrected chi connectivity index (χ3v) is 3.52. The Hall–Kier alpha value is -2.50. The first-order valence-electron chi connectivity index (χ1n) is 8.09. The van der Waals surface area contributed by atoms with E-state index in [1.54, 1.807) is 18.2 Å². The van der Waals surface area contributed by atoms with E-state index >= 15 is 0 Å². The highest BCUT2D eigenvalue weighted by atomic mass is 16.5. The second-order valence-electron chi connectivity index (χ2n) is 5.93. The summed E-state index contributed by atoms with van der Waals surface area (Å²) in [4.78, 5) is 23.9. The van der Waals surface area contributed by atoms with Crippen molar-refractivity contribution in [1.82, 2.24) is 4.57 Å². The molecule has 1 heterocycles. The van der Waals surface area contributed by atoms with E-state index in [0.29, 0.717) is 23.2 Å². The van der Waals surface area contributed by atoms with E-state index < -0.39 is 11.5 Å². The van der Waals surface area contributed by atoms with E-state index in [9.17, 15) is 14.7 Å². The van der Waals surface area contributed by atoms with Crippen molar-refractivity contribution >= 4 is 16.9 Å². The summed E-state index contributed by atoms with van der Waals surface area (Å²) in [5.74, 6) is -0.692. The smallest absolute Gasteiger partial charge is 0.308 e. The van der Waals surface area contributed by atoms with Gasteiger partial charge in [-0.1, -0.05) is 13.3 Å². The molecular formula is C18H23NO5. The quantitative estimate of drug-likeness (QED) is 0.821. The number of ether oxygens (including phenoxy) is 2. The molecular weight excluding hydrogens is 310 g/mol. The molecule has 1 aromatic carbocycles. The fourth-order valence-corrected chi connectivity index (χ4v) is 2.51. The number of unbranched alkanes of at least 4 members (excludes halogenated alkanes) is 1. The lowest BCUT2D eigenvalue weighted by Crippen LogP contribution is -2.24. The molecule has 130 valence electrons. The lowest BCUT2D eigenvalue weighted by molar-refractivity contribution is -0.132. The fraction of sp³-hybridized carbons (Fsp3) is 0.444. The van der Waals surface area contributed by atoms with Gasteiger partial charge in [-0.25, -0.2) is 0 Å². The van der Waals surface area contributed by atoms with E-state index in [1.165, 1.54) is 11.5 Å². The van der Waals surface area contributed by atoms with Gasteiger partial charge in [-0.2, -0.15) is 0 Å². The molecule has 1 N–H and O–H groups in total. The Morgan fingerprint density at radius 3 is 2.62 bits per heavy atom. The average molecular weight is 333 g/mol. The standard InChI is InChI=1S/C18H23NO5/c1-5-6-9-19-15-10-13(23-11(2)3)7-8-14(15)16(21)17(18(19)22)24-12(4)20/h7-8,10-11,21H,5-6,9H2,1-4H3. The number of hydrogen-bond acceptors (Lipinski definition) is 5. The van der Waals surface area contributed by atoms with Crippen LogP contribution in [0, 0.1) is 0 Å². The molecule has 0 aliphatic heterocycles. The van der Waals surface area contributed by atoms with E-state index in [-0.39, 0.29) is 17.6 Å². The molecule has 0 spiro atoms. The highest BCUT2D eigenvalue weighted by Gasteiger charge is 2.19. The van der Waals surface area contributed by atoms with Gasteiger partial charge in [0.25, 0.3) is 5.56 Å². The van der Waals surface area contributed by atoms with Crippen LogP contribution in [0.3, 0.4) is 0 Å². The number of aromatic hydroxyl groups is 1. The molecule has 2 rings (SSSR count). The van der Waals surface area contributed by atoms with Gasteiger partial charge in [-0.3, -0.25) is 9.59 Å². The molecule has 0 aliphatic carbocycles. The van der Waals surface area contributed by atoms with Crippen molar-refractivity contribution in [2.24, 2.45) is 0 Å². The number of carbonyl (C=O) groups is 1. The molecule has 0 amide bonds. The van der Waals surface area contributed by atoms with Crippen molar-refractivity contribution in [2.45, 2.75) is 53.2 Å². The summed E-state index contributed by atoms with van der Waals surface area (Å²) in [5, 5.41) is 10.8. The third-order valence-electron chi connectivity index (χ3n) is 3.52. The van der Waals surface area contributed by atoms with Crippen LogP contribution < -0.4 is 15.0 Å². The normalized spacial score (nSPS) is 11.0. The molecule has 6 nitrogen and oxygen atoms in total. The largest absolute Gasteiger partial charge is 0.504 e. The predicted molar refractivity (Wildman–Crippen MR) is 91.9 cm³/mol. The first-order chi connectivity index (χ1) is 11.3. The molecule has 0 bridgehead atoms. The molecule has 0 aliphatic rings. The van der Waals surface area contributed by atoms with Crippen molar-refractivity contribution in [3.63, 3.8) is 0 Å². The number of rotatable bonds is 6. The number of fused-ring (bicyclic) bond motifs is 1. The Kier molecular flexibility index (Phi) is 5.49. The van der Waals surface area contributed by atoms with Gasteiger partial charge >= 0.3 is 5.97 Å². The average Bonchev–Trinajstić information content (AvgIpc) is 2.50. The zero-order chi connectivity index (χ0) is 17.9. The van der Waals surface area contributed by atoms with Crippen LogP contribution in [0.1, 0.15) is 40.5 Å². The number of benzene rings is 1. The zero-order valence-electron chi connectivity index (χ0n) is 14.5. The summed E-state index contributed by atoms with van der Waals surface area (Å²) >= 11 is 0. The van der Waals surface area contributed by atoms with Crippen molar-refractivity contribution in [2.75, 3.05) is 0 Å². The maximum atomic E-state index is 12.7. The maximum Gasteiger partial charge on any atom is 0.308 e. The van der Waals surface area contributed by atoms with Crippen molar-refractivity contribution < 1.29 is 19.4 Å². The monoisotopic (exact) mass is 333 g/mol. The summed E-state index contributed by atoms with van der Waals surface area (Å²) in [7, 11) is 0. The Bertz CT molecular complexity index is 807. The minimum atomic E-state index is -0.649. The van der Waals surface area contributed by atoms with Gasteiger partial charge < -0.3 is 19.1 Å². The summed E-state index contributed by atoms with van der Waals surface area (Å²) in [6.07, 6.45) is 1.68.